The number of amides is 4. The molecule has 10 heteroatoms. The van der Waals surface area contributed by atoms with E-state index in [1.807, 2.05) is 30.3 Å². The molecule has 3 atom stereocenters. The fourth-order valence-electron chi connectivity index (χ4n) is 3.70. The van der Waals surface area contributed by atoms with Crippen molar-refractivity contribution in [3.05, 3.63) is 70.7 Å². The molecule has 0 bridgehead atoms. The van der Waals surface area contributed by atoms with Gasteiger partial charge in [-0.25, -0.2) is 0 Å². The molecule has 9 nitrogen and oxygen atoms in total. The molecule has 39 heavy (non-hydrogen) atoms. The van der Waals surface area contributed by atoms with Crippen molar-refractivity contribution >= 4 is 41.0 Å². The van der Waals surface area contributed by atoms with Gasteiger partial charge in [-0.2, -0.15) is 0 Å². The monoisotopic (exact) mass is 556 g/mol. The minimum atomic E-state index is -1.09. The molecule has 0 unspecified atom stereocenters. The predicted molar refractivity (Wildman–Crippen MR) is 150 cm³/mol. The molecule has 0 heterocycles. The zero-order valence-corrected chi connectivity index (χ0v) is 23.9. The molecule has 210 valence electrons. The molecular formula is C29H37ClN4O5. The van der Waals surface area contributed by atoms with E-state index < -0.39 is 53.0 Å². The molecule has 0 fully saturated rings. The molecule has 0 saturated carbocycles. The molecule has 4 N–H and O–H groups in total. The Bertz CT molecular complexity index is 1190. The van der Waals surface area contributed by atoms with Crippen LogP contribution < -0.4 is 21.3 Å². The number of hydrogen-bond donors (Lipinski definition) is 4. The summed E-state index contributed by atoms with van der Waals surface area (Å²) in [6, 6.07) is 12.3. The molecule has 4 amide bonds. The maximum atomic E-state index is 13.2. The number of halogens is 1. The summed E-state index contributed by atoms with van der Waals surface area (Å²) in [6.07, 6.45) is 0. The maximum Gasteiger partial charge on any atom is 0.289 e. The average molecular weight is 557 g/mol. The number of Topliss-reactive ketones (excluding diaryl/α,β-unsaturated/α-hetero) is 1. The minimum absolute atomic E-state index is 0.172. The topological polar surface area (TPSA) is 133 Å². The quantitative estimate of drug-likeness (QED) is 0.316. The van der Waals surface area contributed by atoms with Crippen LogP contribution in [0.25, 0.3) is 0 Å². The van der Waals surface area contributed by atoms with Gasteiger partial charge in [-0.3, -0.25) is 24.0 Å². The first-order chi connectivity index (χ1) is 18.2. The van der Waals surface area contributed by atoms with Crippen molar-refractivity contribution < 1.29 is 24.0 Å². The van der Waals surface area contributed by atoms with Gasteiger partial charge in [-0.15, -0.1) is 0 Å². The Hall–Kier alpha value is -3.72. The molecule has 2 aromatic carbocycles. The first kappa shape index (κ1) is 31.5. The second-order valence-corrected chi connectivity index (χ2v) is 11.2. The fourth-order valence-corrected chi connectivity index (χ4v) is 3.89. The van der Waals surface area contributed by atoms with Crippen LogP contribution in [0.1, 0.15) is 57.5 Å². The van der Waals surface area contributed by atoms with Crippen molar-refractivity contribution in [2.24, 2.45) is 11.3 Å². The van der Waals surface area contributed by atoms with E-state index in [4.69, 9.17) is 11.6 Å². The first-order valence-corrected chi connectivity index (χ1v) is 13.1. The Balaban J connectivity index is 2.04. The molecule has 0 saturated heterocycles. The summed E-state index contributed by atoms with van der Waals surface area (Å²) in [6.45, 7) is 10.4. The Morgan fingerprint density at radius 1 is 0.821 bits per heavy atom. The van der Waals surface area contributed by atoms with E-state index in [0.29, 0.717) is 10.6 Å². The second-order valence-electron chi connectivity index (χ2n) is 10.8. The SMILES string of the molecule is CC(C)[C@H](NC(=O)[C@H](C)NC(=O)[C@@H](NC(=O)c1cccc(Cl)c1)C(C)(C)C)C(=O)C(=O)NCc1ccccc1. The number of rotatable bonds is 11. The van der Waals surface area contributed by atoms with E-state index in [1.165, 1.54) is 13.0 Å². The van der Waals surface area contributed by atoms with E-state index in [1.54, 1.807) is 52.8 Å². The van der Waals surface area contributed by atoms with E-state index in [-0.39, 0.29) is 12.5 Å². The number of ketones is 1. The summed E-state index contributed by atoms with van der Waals surface area (Å²) in [5.41, 5.74) is 0.428. The minimum Gasteiger partial charge on any atom is -0.345 e. The summed E-state index contributed by atoms with van der Waals surface area (Å²) in [7, 11) is 0. The zero-order chi connectivity index (χ0) is 29.3. The molecule has 0 aliphatic carbocycles. The molecular weight excluding hydrogens is 520 g/mol. The lowest BCUT2D eigenvalue weighted by atomic mass is 9.85. The van der Waals surface area contributed by atoms with Crippen molar-refractivity contribution in [3.8, 4) is 0 Å². The molecule has 0 aliphatic rings. The number of carbonyl (C=O) groups is 5. The van der Waals surface area contributed by atoms with E-state index in [2.05, 4.69) is 21.3 Å². The standard InChI is InChI=1S/C29H37ClN4O5/c1-17(2)22(23(35)27(38)31-16-19-11-8-7-9-12-19)33-25(36)18(3)32-28(39)24(29(4,5)6)34-26(37)20-13-10-14-21(30)15-20/h7-15,17-18,22,24H,16H2,1-6H3,(H,31,38)(H,32,39)(H,33,36)(H,34,37)/t18-,22-,24+/m0/s1. The van der Waals surface area contributed by atoms with Crippen LogP contribution in [-0.4, -0.2) is 47.5 Å². The van der Waals surface area contributed by atoms with Gasteiger partial charge in [0.25, 0.3) is 11.8 Å². The van der Waals surface area contributed by atoms with Crippen molar-refractivity contribution in [2.45, 2.75) is 66.2 Å². The fraction of sp³-hybridized carbons (Fsp3) is 0.414. The van der Waals surface area contributed by atoms with Crippen LogP contribution in [0, 0.1) is 11.3 Å². The van der Waals surface area contributed by atoms with Crippen molar-refractivity contribution in [2.75, 3.05) is 0 Å². The lowest BCUT2D eigenvalue weighted by molar-refractivity contribution is -0.141. The molecule has 0 radical (unpaired) electrons. The van der Waals surface area contributed by atoms with Crippen LogP contribution in [0.5, 0.6) is 0 Å². The van der Waals surface area contributed by atoms with Crippen LogP contribution in [0.3, 0.4) is 0 Å². The van der Waals surface area contributed by atoms with Crippen molar-refractivity contribution in [1.29, 1.82) is 0 Å². The third-order valence-electron chi connectivity index (χ3n) is 6.01. The summed E-state index contributed by atoms with van der Waals surface area (Å²) in [5, 5.41) is 10.9. The van der Waals surface area contributed by atoms with Crippen molar-refractivity contribution in [1.82, 2.24) is 21.3 Å². The van der Waals surface area contributed by atoms with Gasteiger partial charge in [-0.1, -0.05) is 82.6 Å². The van der Waals surface area contributed by atoms with Crippen LogP contribution in [-0.2, 0) is 25.7 Å². The van der Waals surface area contributed by atoms with Gasteiger partial charge < -0.3 is 21.3 Å². The highest BCUT2D eigenvalue weighted by atomic mass is 35.5. The van der Waals surface area contributed by atoms with Crippen LogP contribution in [0.15, 0.2) is 54.6 Å². The number of benzene rings is 2. The highest BCUT2D eigenvalue weighted by Crippen LogP contribution is 2.21. The number of carbonyl (C=O) groups excluding carboxylic acids is 5. The predicted octanol–water partition coefficient (Wildman–Crippen LogP) is 3.02. The van der Waals surface area contributed by atoms with Crippen LogP contribution in [0.4, 0.5) is 0 Å². The molecule has 0 aliphatic heterocycles. The highest BCUT2D eigenvalue weighted by Gasteiger charge is 2.36. The Kier molecular flexibility index (Phi) is 11.2. The van der Waals surface area contributed by atoms with Crippen molar-refractivity contribution in [3.63, 3.8) is 0 Å². The largest absolute Gasteiger partial charge is 0.345 e. The smallest absolute Gasteiger partial charge is 0.289 e. The lowest BCUT2D eigenvalue weighted by Crippen LogP contribution is -2.59. The van der Waals surface area contributed by atoms with E-state index in [0.717, 1.165) is 5.56 Å². The van der Waals surface area contributed by atoms with E-state index in [9.17, 15) is 24.0 Å². The van der Waals surface area contributed by atoms with Gasteiger partial charge in [0.1, 0.15) is 12.1 Å². The molecule has 0 spiro atoms. The van der Waals surface area contributed by atoms with Gasteiger partial charge in [-0.05, 0) is 42.0 Å². The number of nitrogens with one attached hydrogen (secondary N) is 4. The summed E-state index contributed by atoms with van der Waals surface area (Å²) in [5.74, 6) is -3.68. The second kappa shape index (κ2) is 13.9. The third kappa shape index (κ3) is 9.51. The van der Waals surface area contributed by atoms with Gasteiger partial charge in [0, 0.05) is 17.1 Å². The van der Waals surface area contributed by atoms with Gasteiger partial charge in [0.05, 0.1) is 6.04 Å². The normalized spacial score (nSPS) is 13.5. The Morgan fingerprint density at radius 3 is 2.03 bits per heavy atom. The van der Waals surface area contributed by atoms with Crippen LogP contribution in [0.2, 0.25) is 5.02 Å². The summed E-state index contributed by atoms with van der Waals surface area (Å²) < 4.78 is 0. The van der Waals surface area contributed by atoms with Crippen LogP contribution >= 0.6 is 11.6 Å². The lowest BCUT2D eigenvalue weighted by Gasteiger charge is -2.31. The maximum absolute atomic E-state index is 13.2. The Morgan fingerprint density at radius 2 is 1.46 bits per heavy atom. The molecule has 0 aromatic heterocycles. The summed E-state index contributed by atoms with van der Waals surface area (Å²) >= 11 is 5.98. The average Bonchev–Trinajstić information content (AvgIpc) is 2.87. The van der Waals surface area contributed by atoms with E-state index >= 15 is 0 Å². The molecule has 2 rings (SSSR count). The zero-order valence-electron chi connectivity index (χ0n) is 23.1. The Labute approximate surface area is 234 Å². The summed E-state index contributed by atoms with van der Waals surface area (Å²) in [4.78, 5) is 64.2. The van der Waals surface area contributed by atoms with Gasteiger partial charge in [0.2, 0.25) is 17.6 Å². The molecule has 2 aromatic rings. The van der Waals surface area contributed by atoms with Gasteiger partial charge in [0.15, 0.2) is 0 Å². The first-order valence-electron chi connectivity index (χ1n) is 12.7. The highest BCUT2D eigenvalue weighted by molar-refractivity contribution is 6.38. The van der Waals surface area contributed by atoms with Gasteiger partial charge >= 0.3 is 0 Å². The number of hydrogen-bond acceptors (Lipinski definition) is 5. The third-order valence-corrected chi connectivity index (χ3v) is 6.24.